The van der Waals surface area contributed by atoms with Crippen molar-refractivity contribution in [3.63, 3.8) is 0 Å². The summed E-state index contributed by atoms with van der Waals surface area (Å²) >= 11 is 0. The SMILES string of the molecule is COCCOc1c2ccccc2cc2cccc(C)c12. The summed E-state index contributed by atoms with van der Waals surface area (Å²) in [6.45, 7) is 3.28. The van der Waals surface area contributed by atoms with Crippen molar-refractivity contribution in [3.05, 3.63) is 54.1 Å². The summed E-state index contributed by atoms with van der Waals surface area (Å²) in [5, 5.41) is 4.78. The molecule has 0 aliphatic heterocycles. The Kier molecular flexibility index (Phi) is 3.57. The summed E-state index contributed by atoms with van der Waals surface area (Å²) in [5.74, 6) is 0.966. The maximum atomic E-state index is 6.03. The summed E-state index contributed by atoms with van der Waals surface area (Å²) < 4.78 is 11.1. The third-order valence-corrected chi connectivity index (χ3v) is 3.58. The second-order valence-corrected chi connectivity index (χ2v) is 4.94. The molecule has 0 bridgehead atoms. The lowest BCUT2D eigenvalue weighted by molar-refractivity contribution is 0.148. The number of rotatable bonds is 4. The third kappa shape index (κ3) is 2.23. The number of ether oxygens (including phenoxy) is 2. The van der Waals surface area contributed by atoms with Crippen molar-refractivity contribution in [3.8, 4) is 5.75 Å². The molecule has 102 valence electrons. The first-order valence-electron chi connectivity index (χ1n) is 6.84. The molecule has 0 unspecified atom stereocenters. The minimum atomic E-state index is 0.563. The zero-order valence-corrected chi connectivity index (χ0v) is 11.8. The van der Waals surface area contributed by atoms with Gasteiger partial charge in [-0.15, -0.1) is 0 Å². The molecule has 0 aliphatic carbocycles. The van der Waals surface area contributed by atoms with Crippen molar-refractivity contribution < 1.29 is 9.47 Å². The standard InChI is InChI=1S/C18H18O2/c1-13-6-5-8-15-12-14-7-3-4-9-16(14)18(17(13)15)20-11-10-19-2/h3-9,12H,10-11H2,1-2H3. The first-order valence-corrected chi connectivity index (χ1v) is 6.84. The topological polar surface area (TPSA) is 18.5 Å². The van der Waals surface area contributed by atoms with Crippen LogP contribution in [0.15, 0.2) is 48.5 Å². The van der Waals surface area contributed by atoms with E-state index in [2.05, 4.69) is 55.5 Å². The maximum absolute atomic E-state index is 6.03. The number of hydrogen-bond acceptors (Lipinski definition) is 2. The highest BCUT2D eigenvalue weighted by atomic mass is 16.5. The van der Waals surface area contributed by atoms with Crippen LogP contribution in [0.25, 0.3) is 21.5 Å². The zero-order chi connectivity index (χ0) is 13.9. The molecular formula is C18H18O2. The van der Waals surface area contributed by atoms with Crippen LogP contribution in [0.4, 0.5) is 0 Å². The zero-order valence-electron chi connectivity index (χ0n) is 11.8. The Hall–Kier alpha value is -2.06. The van der Waals surface area contributed by atoms with Gasteiger partial charge in [0.05, 0.1) is 6.61 Å². The summed E-state index contributed by atoms with van der Waals surface area (Å²) in [4.78, 5) is 0. The normalized spacial score (nSPS) is 11.1. The van der Waals surface area contributed by atoms with E-state index < -0.39 is 0 Å². The van der Waals surface area contributed by atoms with Gasteiger partial charge in [0, 0.05) is 17.9 Å². The quantitative estimate of drug-likeness (QED) is 0.517. The Morgan fingerprint density at radius 1 is 0.900 bits per heavy atom. The van der Waals surface area contributed by atoms with Gasteiger partial charge < -0.3 is 9.47 Å². The van der Waals surface area contributed by atoms with Gasteiger partial charge in [0.2, 0.25) is 0 Å². The molecule has 0 spiro atoms. The smallest absolute Gasteiger partial charge is 0.135 e. The summed E-state index contributed by atoms with van der Waals surface area (Å²) in [7, 11) is 1.69. The second kappa shape index (κ2) is 5.51. The van der Waals surface area contributed by atoms with Crippen LogP contribution in [-0.4, -0.2) is 20.3 Å². The lowest BCUT2D eigenvalue weighted by Crippen LogP contribution is -2.05. The molecule has 3 aromatic carbocycles. The van der Waals surface area contributed by atoms with E-state index in [1.165, 1.54) is 21.7 Å². The number of hydrogen-bond donors (Lipinski definition) is 0. The van der Waals surface area contributed by atoms with Gasteiger partial charge in [-0.25, -0.2) is 0 Å². The summed E-state index contributed by atoms with van der Waals surface area (Å²) in [5.41, 5.74) is 1.24. The maximum Gasteiger partial charge on any atom is 0.135 e. The lowest BCUT2D eigenvalue weighted by Gasteiger charge is -2.14. The van der Waals surface area contributed by atoms with Crippen molar-refractivity contribution in [2.24, 2.45) is 0 Å². The largest absolute Gasteiger partial charge is 0.490 e. The van der Waals surface area contributed by atoms with Crippen LogP contribution >= 0.6 is 0 Å². The highest BCUT2D eigenvalue weighted by molar-refractivity contribution is 6.06. The van der Waals surface area contributed by atoms with E-state index in [-0.39, 0.29) is 0 Å². The molecule has 0 radical (unpaired) electrons. The van der Waals surface area contributed by atoms with Crippen molar-refractivity contribution in [2.45, 2.75) is 6.92 Å². The molecule has 0 heterocycles. The van der Waals surface area contributed by atoms with Crippen LogP contribution in [0, 0.1) is 6.92 Å². The molecule has 0 aromatic heterocycles. The highest BCUT2D eigenvalue weighted by Gasteiger charge is 2.10. The minimum absolute atomic E-state index is 0.563. The van der Waals surface area contributed by atoms with Gasteiger partial charge in [0.15, 0.2) is 0 Å². The highest BCUT2D eigenvalue weighted by Crippen LogP contribution is 2.36. The molecule has 0 atom stereocenters. The predicted octanol–water partition coefficient (Wildman–Crippen LogP) is 4.33. The molecule has 0 N–H and O–H groups in total. The molecule has 0 fully saturated rings. The molecule has 0 saturated heterocycles. The van der Waals surface area contributed by atoms with Gasteiger partial charge in [-0.1, -0.05) is 42.5 Å². The van der Waals surface area contributed by atoms with E-state index >= 15 is 0 Å². The number of aryl methyl sites for hydroxylation is 1. The lowest BCUT2D eigenvalue weighted by atomic mass is 9.99. The van der Waals surface area contributed by atoms with E-state index in [0.29, 0.717) is 13.2 Å². The van der Waals surface area contributed by atoms with Crippen LogP contribution in [0.5, 0.6) is 5.75 Å². The van der Waals surface area contributed by atoms with Crippen molar-refractivity contribution in [1.82, 2.24) is 0 Å². The van der Waals surface area contributed by atoms with E-state index in [4.69, 9.17) is 9.47 Å². The van der Waals surface area contributed by atoms with E-state index in [1.807, 2.05) is 0 Å². The van der Waals surface area contributed by atoms with Gasteiger partial charge >= 0.3 is 0 Å². The van der Waals surface area contributed by atoms with Crippen LogP contribution in [-0.2, 0) is 4.74 Å². The van der Waals surface area contributed by atoms with E-state index in [0.717, 1.165) is 11.1 Å². The monoisotopic (exact) mass is 266 g/mol. The number of benzene rings is 3. The summed E-state index contributed by atoms with van der Waals surface area (Å²) in [6.07, 6.45) is 0. The second-order valence-electron chi connectivity index (χ2n) is 4.94. The fourth-order valence-corrected chi connectivity index (χ4v) is 2.63. The van der Waals surface area contributed by atoms with Crippen LogP contribution in [0.2, 0.25) is 0 Å². The first kappa shape index (κ1) is 12.9. The Morgan fingerprint density at radius 2 is 1.70 bits per heavy atom. The average molecular weight is 266 g/mol. The number of fused-ring (bicyclic) bond motifs is 2. The van der Waals surface area contributed by atoms with Crippen LogP contribution < -0.4 is 4.74 Å². The molecule has 3 aromatic rings. The van der Waals surface area contributed by atoms with Crippen molar-refractivity contribution in [1.29, 1.82) is 0 Å². The van der Waals surface area contributed by atoms with Gasteiger partial charge in [-0.3, -0.25) is 0 Å². The molecule has 3 rings (SSSR count). The molecule has 0 aliphatic rings. The molecule has 2 nitrogen and oxygen atoms in total. The Labute approximate surface area is 118 Å². The van der Waals surface area contributed by atoms with Crippen LogP contribution in [0.3, 0.4) is 0 Å². The molecule has 2 heteroatoms. The predicted molar refractivity (Wildman–Crippen MR) is 83.6 cm³/mol. The van der Waals surface area contributed by atoms with Crippen LogP contribution in [0.1, 0.15) is 5.56 Å². The molecular weight excluding hydrogens is 248 g/mol. The van der Waals surface area contributed by atoms with Gasteiger partial charge in [0.1, 0.15) is 12.4 Å². The minimum Gasteiger partial charge on any atom is -0.490 e. The average Bonchev–Trinajstić information content (AvgIpc) is 2.47. The molecule has 20 heavy (non-hydrogen) atoms. The Bertz CT molecular complexity index is 747. The van der Waals surface area contributed by atoms with Gasteiger partial charge in [0.25, 0.3) is 0 Å². The van der Waals surface area contributed by atoms with Crippen molar-refractivity contribution >= 4 is 21.5 Å². The van der Waals surface area contributed by atoms with Crippen molar-refractivity contribution in [2.75, 3.05) is 20.3 Å². The Morgan fingerprint density at radius 3 is 2.55 bits per heavy atom. The fraction of sp³-hybridized carbons (Fsp3) is 0.222. The third-order valence-electron chi connectivity index (χ3n) is 3.58. The molecule has 0 amide bonds. The molecule has 0 saturated carbocycles. The van der Waals surface area contributed by atoms with E-state index in [9.17, 15) is 0 Å². The van der Waals surface area contributed by atoms with E-state index in [1.54, 1.807) is 7.11 Å². The summed E-state index contributed by atoms with van der Waals surface area (Å²) in [6, 6.07) is 16.9. The Balaban J connectivity index is 2.27. The fourth-order valence-electron chi connectivity index (χ4n) is 2.63. The van der Waals surface area contributed by atoms with Gasteiger partial charge in [-0.05, 0) is 29.3 Å². The number of methoxy groups -OCH3 is 1. The van der Waals surface area contributed by atoms with Gasteiger partial charge in [-0.2, -0.15) is 0 Å². The first-order chi connectivity index (χ1) is 9.81.